The summed E-state index contributed by atoms with van der Waals surface area (Å²) in [6, 6.07) is 8.63. The zero-order chi connectivity index (χ0) is 17.8. The summed E-state index contributed by atoms with van der Waals surface area (Å²) in [7, 11) is 0. The minimum Gasteiger partial charge on any atom is -0.362 e. The number of rotatable bonds is 5. The molecule has 3 nitrogen and oxygen atoms in total. The van der Waals surface area contributed by atoms with Crippen LogP contribution in [-0.4, -0.2) is 34.7 Å². The van der Waals surface area contributed by atoms with Crippen LogP contribution >= 0.6 is 12.2 Å². The van der Waals surface area contributed by atoms with Gasteiger partial charge in [0.1, 0.15) is 5.82 Å². The molecule has 0 radical (unpaired) electrons. The summed E-state index contributed by atoms with van der Waals surface area (Å²) in [6.07, 6.45) is 6.10. The van der Waals surface area contributed by atoms with Crippen LogP contribution in [0.1, 0.15) is 51.5 Å². The number of nitrogens with zero attached hydrogens (tertiary/aromatic N) is 1. The summed E-state index contributed by atoms with van der Waals surface area (Å²) < 4.78 is 13.1. The van der Waals surface area contributed by atoms with Gasteiger partial charge in [0, 0.05) is 31.2 Å². The molecular formula is C20H30FN3S. The van der Waals surface area contributed by atoms with E-state index in [1.165, 1.54) is 24.8 Å². The lowest BCUT2D eigenvalue weighted by Gasteiger charge is -2.49. The van der Waals surface area contributed by atoms with Crippen LogP contribution in [0.5, 0.6) is 0 Å². The number of hydrogen-bond acceptors (Lipinski definition) is 2. The van der Waals surface area contributed by atoms with Gasteiger partial charge in [-0.2, -0.15) is 0 Å². The topological polar surface area (TPSA) is 27.3 Å². The Kier molecular flexibility index (Phi) is 6.29. The summed E-state index contributed by atoms with van der Waals surface area (Å²) in [6.45, 7) is 6.22. The third-order valence-corrected chi connectivity index (χ3v) is 5.67. The first-order valence-electron chi connectivity index (χ1n) is 9.56. The molecule has 2 fully saturated rings. The van der Waals surface area contributed by atoms with Gasteiger partial charge in [-0.05, 0) is 61.5 Å². The maximum atomic E-state index is 13.1. The molecule has 5 heteroatoms. The van der Waals surface area contributed by atoms with Crippen molar-refractivity contribution in [2.24, 2.45) is 5.92 Å². The molecule has 25 heavy (non-hydrogen) atoms. The van der Waals surface area contributed by atoms with Crippen LogP contribution in [0.2, 0.25) is 0 Å². The SMILES string of the molecule is CC(C)CNC(=S)NC1C[C@H]2CCC[C@@H](C1)N2Cc1ccc(F)cc1. The number of benzene rings is 1. The van der Waals surface area contributed by atoms with Gasteiger partial charge in [0.05, 0.1) is 0 Å². The monoisotopic (exact) mass is 363 g/mol. The van der Waals surface area contributed by atoms with Gasteiger partial charge in [0.15, 0.2) is 5.11 Å². The molecule has 3 rings (SSSR count). The summed E-state index contributed by atoms with van der Waals surface area (Å²) in [4.78, 5) is 2.64. The molecular weight excluding hydrogens is 333 g/mol. The Labute approximate surface area is 156 Å². The van der Waals surface area contributed by atoms with E-state index in [2.05, 4.69) is 29.4 Å². The van der Waals surface area contributed by atoms with E-state index in [0.717, 1.165) is 31.0 Å². The van der Waals surface area contributed by atoms with Crippen LogP contribution < -0.4 is 10.6 Å². The van der Waals surface area contributed by atoms with E-state index in [0.29, 0.717) is 24.0 Å². The molecule has 2 saturated heterocycles. The molecule has 0 saturated carbocycles. The summed E-state index contributed by atoms with van der Waals surface area (Å²) in [5, 5.41) is 7.66. The predicted octanol–water partition coefficient (Wildman–Crippen LogP) is 3.83. The Morgan fingerprint density at radius 3 is 2.44 bits per heavy atom. The van der Waals surface area contributed by atoms with Crippen LogP contribution in [0.15, 0.2) is 24.3 Å². The highest BCUT2D eigenvalue weighted by molar-refractivity contribution is 7.80. The van der Waals surface area contributed by atoms with Crippen LogP contribution in [0.3, 0.4) is 0 Å². The molecule has 1 aromatic rings. The first kappa shape index (κ1) is 18.6. The molecule has 2 N–H and O–H groups in total. The lowest BCUT2D eigenvalue weighted by Crippen LogP contribution is -2.57. The standard InChI is InChI=1S/C20H30FN3S/c1-14(2)12-22-20(25)23-17-10-18-4-3-5-19(11-17)24(18)13-15-6-8-16(21)9-7-15/h6-9,14,17-19H,3-5,10-13H2,1-2H3,(H2,22,23,25)/t17?,18-,19+. The van der Waals surface area contributed by atoms with Crippen molar-refractivity contribution in [3.8, 4) is 0 Å². The van der Waals surface area contributed by atoms with E-state index >= 15 is 0 Å². The maximum Gasteiger partial charge on any atom is 0.166 e. The van der Waals surface area contributed by atoms with E-state index < -0.39 is 0 Å². The molecule has 2 heterocycles. The Morgan fingerprint density at radius 1 is 1.20 bits per heavy atom. The predicted molar refractivity (Wildman–Crippen MR) is 105 cm³/mol. The lowest BCUT2D eigenvalue weighted by atomic mass is 9.81. The average Bonchev–Trinajstić information content (AvgIpc) is 2.55. The fourth-order valence-electron chi connectivity index (χ4n) is 4.19. The van der Waals surface area contributed by atoms with Crippen LogP contribution in [0.4, 0.5) is 4.39 Å². The molecule has 2 aliphatic rings. The smallest absolute Gasteiger partial charge is 0.166 e. The second-order valence-electron chi connectivity index (χ2n) is 7.95. The lowest BCUT2D eigenvalue weighted by molar-refractivity contribution is 0.0210. The van der Waals surface area contributed by atoms with E-state index in [1.54, 1.807) is 12.1 Å². The summed E-state index contributed by atoms with van der Waals surface area (Å²) in [5.41, 5.74) is 1.21. The fourth-order valence-corrected chi connectivity index (χ4v) is 4.44. The molecule has 2 aliphatic heterocycles. The molecule has 0 aliphatic carbocycles. The second-order valence-corrected chi connectivity index (χ2v) is 8.36. The average molecular weight is 364 g/mol. The van der Waals surface area contributed by atoms with E-state index in [1.807, 2.05) is 12.1 Å². The highest BCUT2D eigenvalue weighted by Gasteiger charge is 2.38. The minimum absolute atomic E-state index is 0.158. The van der Waals surface area contributed by atoms with Crippen molar-refractivity contribution in [3.05, 3.63) is 35.6 Å². The van der Waals surface area contributed by atoms with Crippen molar-refractivity contribution in [1.29, 1.82) is 0 Å². The third-order valence-electron chi connectivity index (χ3n) is 5.41. The number of piperidine rings is 2. The molecule has 0 aromatic heterocycles. The number of fused-ring (bicyclic) bond motifs is 2. The van der Waals surface area contributed by atoms with Crippen molar-refractivity contribution in [3.63, 3.8) is 0 Å². The fraction of sp³-hybridized carbons (Fsp3) is 0.650. The minimum atomic E-state index is -0.158. The van der Waals surface area contributed by atoms with Gasteiger partial charge >= 0.3 is 0 Å². The summed E-state index contributed by atoms with van der Waals surface area (Å²) >= 11 is 5.46. The summed E-state index contributed by atoms with van der Waals surface area (Å²) in [5.74, 6) is 0.436. The Morgan fingerprint density at radius 2 is 1.84 bits per heavy atom. The number of halogens is 1. The van der Waals surface area contributed by atoms with Gasteiger partial charge in [-0.25, -0.2) is 4.39 Å². The number of hydrogen-bond donors (Lipinski definition) is 2. The van der Waals surface area contributed by atoms with Crippen molar-refractivity contribution in [1.82, 2.24) is 15.5 Å². The third kappa shape index (κ3) is 5.14. The van der Waals surface area contributed by atoms with Crippen LogP contribution in [-0.2, 0) is 6.54 Å². The first-order chi connectivity index (χ1) is 12.0. The highest BCUT2D eigenvalue weighted by Crippen LogP contribution is 2.35. The molecule has 2 bridgehead atoms. The number of nitrogens with one attached hydrogen (secondary N) is 2. The van der Waals surface area contributed by atoms with Gasteiger partial charge in [-0.15, -0.1) is 0 Å². The van der Waals surface area contributed by atoms with Crippen molar-refractivity contribution >= 4 is 17.3 Å². The zero-order valence-electron chi connectivity index (χ0n) is 15.3. The van der Waals surface area contributed by atoms with Gasteiger partial charge in [-0.3, -0.25) is 4.90 Å². The van der Waals surface area contributed by atoms with Crippen molar-refractivity contribution in [2.75, 3.05) is 6.54 Å². The van der Waals surface area contributed by atoms with Crippen LogP contribution in [0.25, 0.3) is 0 Å². The molecule has 0 spiro atoms. The quantitative estimate of drug-likeness (QED) is 0.778. The maximum absolute atomic E-state index is 13.1. The van der Waals surface area contributed by atoms with Crippen molar-refractivity contribution < 1.29 is 4.39 Å². The highest BCUT2D eigenvalue weighted by atomic mass is 32.1. The van der Waals surface area contributed by atoms with Gasteiger partial charge in [0.2, 0.25) is 0 Å². The van der Waals surface area contributed by atoms with E-state index in [-0.39, 0.29) is 5.82 Å². The Balaban J connectivity index is 1.57. The molecule has 138 valence electrons. The van der Waals surface area contributed by atoms with E-state index in [9.17, 15) is 4.39 Å². The molecule has 0 amide bonds. The largest absolute Gasteiger partial charge is 0.362 e. The zero-order valence-corrected chi connectivity index (χ0v) is 16.1. The second kappa shape index (κ2) is 8.45. The molecule has 3 atom stereocenters. The Bertz CT molecular complexity index is 561. The molecule has 1 unspecified atom stereocenters. The number of thiocarbonyl (C=S) groups is 1. The first-order valence-corrected chi connectivity index (χ1v) is 9.96. The van der Waals surface area contributed by atoms with Gasteiger partial charge in [-0.1, -0.05) is 32.4 Å². The Hall–Kier alpha value is -1.20. The van der Waals surface area contributed by atoms with Gasteiger partial charge in [0.25, 0.3) is 0 Å². The van der Waals surface area contributed by atoms with Crippen molar-refractivity contribution in [2.45, 2.75) is 70.6 Å². The van der Waals surface area contributed by atoms with Crippen LogP contribution in [0, 0.1) is 11.7 Å². The molecule has 1 aromatic carbocycles. The van der Waals surface area contributed by atoms with Gasteiger partial charge < -0.3 is 10.6 Å². The van der Waals surface area contributed by atoms with E-state index in [4.69, 9.17) is 12.2 Å². The normalized spacial score (nSPS) is 26.5.